The normalized spacial score (nSPS) is 16.4. The standard InChI is InChI=1S/C16H14Cl2O/c17-14-6-5-12(9-15(14)18)16(19)13-7-10-3-1-2-4-11(10)8-13/h1-6,9,13,16,19H,7-8H2. The molecule has 1 aliphatic carbocycles. The molecule has 0 aromatic heterocycles. The van der Waals surface area contributed by atoms with Crippen LogP contribution in [-0.4, -0.2) is 5.11 Å². The molecule has 0 spiro atoms. The Morgan fingerprint density at radius 1 is 0.947 bits per heavy atom. The zero-order chi connectivity index (χ0) is 13.4. The molecular formula is C16H14Cl2O. The fraction of sp³-hybridized carbons (Fsp3) is 0.250. The number of rotatable bonds is 2. The Hall–Kier alpha value is -1.02. The molecule has 1 N–H and O–H groups in total. The first-order valence-electron chi connectivity index (χ1n) is 6.35. The molecule has 0 radical (unpaired) electrons. The Kier molecular flexibility index (Phi) is 3.53. The third-order valence-corrected chi connectivity index (χ3v) is 4.55. The van der Waals surface area contributed by atoms with Crippen molar-refractivity contribution in [1.82, 2.24) is 0 Å². The molecule has 1 aliphatic rings. The molecule has 1 unspecified atom stereocenters. The second-order valence-corrected chi connectivity index (χ2v) is 5.87. The fourth-order valence-corrected chi connectivity index (χ4v) is 3.09. The van der Waals surface area contributed by atoms with Crippen molar-refractivity contribution in [2.75, 3.05) is 0 Å². The summed E-state index contributed by atoms with van der Waals surface area (Å²) in [4.78, 5) is 0. The minimum absolute atomic E-state index is 0.217. The first-order chi connectivity index (χ1) is 9.15. The van der Waals surface area contributed by atoms with Crippen LogP contribution in [0.25, 0.3) is 0 Å². The molecule has 3 heteroatoms. The van der Waals surface area contributed by atoms with Crippen LogP contribution in [0.1, 0.15) is 22.8 Å². The summed E-state index contributed by atoms with van der Waals surface area (Å²) in [5.74, 6) is 0.217. The Morgan fingerprint density at radius 3 is 2.16 bits per heavy atom. The highest BCUT2D eigenvalue weighted by molar-refractivity contribution is 6.42. The van der Waals surface area contributed by atoms with E-state index in [0.717, 1.165) is 18.4 Å². The predicted octanol–water partition coefficient (Wildman–Crippen LogP) is 4.44. The number of aliphatic hydroxyl groups excluding tert-OH is 1. The van der Waals surface area contributed by atoms with E-state index in [-0.39, 0.29) is 5.92 Å². The Balaban J connectivity index is 1.82. The minimum atomic E-state index is -0.498. The van der Waals surface area contributed by atoms with Crippen LogP contribution in [0.2, 0.25) is 10.0 Å². The van der Waals surface area contributed by atoms with Gasteiger partial charge < -0.3 is 5.11 Å². The van der Waals surface area contributed by atoms with Crippen molar-refractivity contribution in [1.29, 1.82) is 0 Å². The molecular weight excluding hydrogens is 279 g/mol. The topological polar surface area (TPSA) is 20.2 Å². The van der Waals surface area contributed by atoms with Gasteiger partial charge in [-0.1, -0.05) is 53.5 Å². The van der Waals surface area contributed by atoms with E-state index in [1.54, 1.807) is 12.1 Å². The van der Waals surface area contributed by atoms with Crippen molar-refractivity contribution >= 4 is 23.2 Å². The molecule has 0 saturated carbocycles. The Morgan fingerprint density at radius 2 is 1.58 bits per heavy atom. The van der Waals surface area contributed by atoms with Crippen molar-refractivity contribution in [2.45, 2.75) is 18.9 Å². The third kappa shape index (κ3) is 2.51. The summed E-state index contributed by atoms with van der Waals surface area (Å²) in [6.07, 6.45) is 1.33. The van der Waals surface area contributed by atoms with Crippen LogP contribution in [0.3, 0.4) is 0 Å². The maximum absolute atomic E-state index is 10.5. The van der Waals surface area contributed by atoms with E-state index in [9.17, 15) is 5.11 Å². The SMILES string of the molecule is OC(c1ccc(Cl)c(Cl)c1)C1Cc2ccccc2C1. The molecule has 0 amide bonds. The second-order valence-electron chi connectivity index (χ2n) is 5.06. The average molecular weight is 293 g/mol. The van der Waals surface area contributed by atoms with E-state index >= 15 is 0 Å². The van der Waals surface area contributed by atoms with Gasteiger partial charge in [0.1, 0.15) is 0 Å². The molecule has 0 bridgehead atoms. The van der Waals surface area contributed by atoms with Crippen LogP contribution >= 0.6 is 23.2 Å². The fourth-order valence-electron chi connectivity index (χ4n) is 2.78. The smallest absolute Gasteiger partial charge is 0.0825 e. The largest absolute Gasteiger partial charge is 0.388 e. The molecule has 0 heterocycles. The molecule has 98 valence electrons. The monoisotopic (exact) mass is 292 g/mol. The van der Waals surface area contributed by atoms with E-state index < -0.39 is 6.10 Å². The maximum atomic E-state index is 10.5. The highest BCUT2D eigenvalue weighted by Gasteiger charge is 2.28. The number of benzene rings is 2. The first-order valence-corrected chi connectivity index (χ1v) is 7.10. The zero-order valence-electron chi connectivity index (χ0n) is 10.3. The highest BCUT2D eigenvalue weighted by Crippen LogP contribution is 2.36. The summed E-state index contributed by atoms with van der Waals surface area (Å²) in [5.41, 5.74) is 3.52. The van der Waals surface area contributed by atoms with E-state index in [4.69, 9.17) is 23.2 Å². The van der Waals surface area contributed by atoms with E-state index in [2.05, 4.69) is 12.1 Å². The van der Waals surface area contributed by atoms with Crippen LogP contribution in [0, 0.1) is 5.92 Å². The second kappa shape index (κ2) is 5.16. The van der Waals surface area contributed by atoms with Crippen molar-refractivity contribution in [3.8, 4) is 0 Å². The van der Waals surface area contributed by atoms with Gasteiger partial charge in [-0.05, 0) is 47.6 Å². The molecule has 1 nitrogen and oxygen atoms in total. The summed E-state index contributed by atoms with van der Waals surface area (Å²) in [5, 5.41) is 11.5. The molecule has 3 rings (SSSR count). The first kappa shape index (κ1) is 13.0. The van der Waals surface area contributed by atoms with Gasteiger partial charge in [-0.3, -0.25) is 0 Å². The molecule has 0 saturated heterocycles. The third-order valence-electron chi connectivity index (χ3n) is 3.81. The predicted molar refractivity (Wildman–Crippen MR) is 78.8 cm³/mol. The summed E-state index contributed by atoms with van der Waals surface area (Å²) in [6, 6.07) is 13.7. The minimum Gasteiger partial charge on any atom is -0.388 e. The van der Waals surface area contributed by atoms with Crippen molar-refractivity contribution < 1.29 is 5.11 Å². The van der Waals surface area contributed by atoms with Gasteiger partial charge in [-0.25, -0.2) is 0 Å². The lowest BCUT2D eigenvalue weighted by molar-refractivity contribution is 0.113. The lowest BCUT2D eigenvalue weighted by Gasteiger charge is -2.18. The summed E-state index contributed by atoms with van der Waals surface area (Å²) >= 11 is 11.9. The number of hydrogen-bond donors (Lipinski definition) is 1. The zero-order valence-corrected chi connectivity index (χ0v) is 11.8. The molecule has 0 aliphatic heterocycles. The number of aliphatic hydroxyl groups is 1. The summed E-state index contributed by atoms with van der Waals surface area (Å²) in [7, 11) is 0. The Bertz CT molecular complexity index is 584. The van der Waals surface area contributed by atoms with Gasteiger partial charge in [0.05, 0.1) is 16.1 Å². The van der Waals surface area contributed by atoms with Crippen LogP contribution < -0.4 is 0 Å². The van der Waals surface area contributed by atoms with Crippen molar-refractivity contribution in [3.05, 3.63) is 69.2 Å². The molecule has 0 fully saturated rings. The molecule has 2 aromatic carbocycles. The lowest BCUT2D eigenvalue weighted by Crippen LogP contribution is -2.12. The van der Waals surface area contributed by atoms with Crippen molar-refractivity contribution in [3.63, 3.8) is 0 Å². The van der Waals surface area contributed by atoms with Gasteiger partial charge in [-0.15, -0.1) is 0 Å². The highest BCUT2D eigenvalue weighted by atomic mass is 35.5. The van der Waals surface area contributed by atoms with Crippen LogP contribution in [0.5, 0.6) is 0 Å². The van der Waals surface area contributed by atoms with Gasteiger partial charge in [0, 0.05) is 0 Å². The average Bonchev–Trinajstić information content (AvgIpc) is 2.85. The van der Waals surface area contributed by atoms with Gasteiger partial charge in [-0.2, -0.15) is 0 Å². The number of fused-ring (bicyclic) bond motifs is 1. The molecule has 19 heavy (non-hydrogen) atoms. The van der Waals surface area contributed by atoms with E-state index in [1.165, 1.54) is 11.1 Å². The lowest BCUT2D eigenvalue weighted by atomic mass is 9.93. The van der Waals surface area contributed by atoms with Gasteiger partial charge in [0.15, 0.2) is 0 Å². The van der Waals surface area contributed by atoms with Gasteiger partial charge in [0.2, 0.25) is 0 Å². The van der Waals surface area contributed by atoms with E-state index in [1.807, 2.05) is 18.2 Å². The Labute approximate surface area is 122 Å². The van der Waals surface area contributed by atoms with Gasteiger partial charge >= 0.3 is 0 Å². The van der Waals surface area contributed by atoms with Gasteiger partial charge in [0.25, 0.3) is 0 Å². The van der Waals surface area contributed by atoms with Crippen molar-refractivity contribution in [2.24, 2.45) is 5.92 Å². The summed E-state index contributed by atoms with van der Waals surface area (Å²) in [6.45, 7) is 0. The maximum Gasteiger partial charge on any atom is 0.0825 e. The number of halogens is 2. The molecule has 2 aromatic rings. The quantitative estimate of drug-likeness (QED) is 0.867. The van der Waals surface area contributed by atoms with Crippen LogP contribution in [0.4, 0.5) is 0 Å². The summed E-state index contributed by atoms with van der Waals surface area (Å²) < 4.78 is 0. The molecule has 1 atom stereocenters. The van der Waals surface area contributed by atoms with Crippen LogP contribution in [0.15, 0.2) is 42.5 Å². The van der Waals surface area contributed by atoms with Crippen LogP contribution in [-0.2, 0) is 12.8 Å². The van der Waals surface area contributed by atoms with E-state index in [0.29, 0.717) is 10.0 Å². The number of hydrogen-bond acceptors (Lipinski definition) is 1.